The Morgan fingerprint density at radius 1 is 1.56 bits per heavy atom. The van der Waals surface area contributed by atoms with Gasteiger partial charge in [0.05, 0.1) is 6.20 Å². The number of nitrogens with one attached hydrogen (secondary N) is 1. The van der Waals surface area contributed by atoms with Gasteiger partial charge in [0, 0.05) is 18.6 Å². The highest BCUT2D eigenvalue weighted by Gasteiger charge is 2.47. The van der Waals surface area contributed by atoms with Gasteiger partial charge in [0.1, 0.15) is 0 Å². The van der Waals surface area contributed by atoms with Gasteiger partial charge in [0.2, 0.25) is 0 Å². The van der Waals surface area contributed by atoms with Gasteiger partial charge >= 0.3 is 0 Å². The Labute approximate surface area is 94.9 Å². The van der Waals surface area contributed by atoms with Gasteiger partial charge in [-0.2, -0.15) is 9.40 Å². The van der Waals surface area contributed by atoms with Crippen LogP contribution in [0.15, 0.2) is 17.3 Å². The van der Waals surface area contributed by atoms with E-state index in [1.54, 1.807) is 0 Å². The van der Waals surface area contributed by atoms with Crippen molar-refractivity contribution in [1.82, 2.24) is 14.5 Å². The van der Waals surface area contributed by atoms with Crippen molar-refractivity contribution >= 4 is 10.0 Å². The fourth-order valence-corrected chi connectivity index (χ4v) is 3.17. The van der Waals surface area contributed by atoms with E-state index in [0.29, 0.717) is 13.1 Å². The topological polar surface area (TPSA) is 92.1 Å². The highest BCUT2D eigenvalue weighted by Crippen LogP contribution is 2.30. The number of aromatic amines is 1. The lowest BCUT2D eigenvalue weighted by molar-refractivity contribution is 0.110. The Morgan fingerprint density at radius 2 is 2.19 bits per heavy atom. The third-order valence-electron chi connectivity index (χ3n) is 3.18. The summed E-state index contributed by atoms with van der Waals surface area (Å²) in [6.07, 6.45) is 1.42. The van der Waals surface area contributed by atoms with E-state index in [1.807, 2.05) is 13.8 Å². The number of H-pyrrole nitrogens is 1. The van der Waals surface area contributed by atoms with E-state index >= 15 is 0 Å². The number of nitrogens with zero attached hydrogens (tertiary/aromatic N) is 2. The van der Waals surface area contributed by atoms with Crippen molar-refractivity contribution < 1.29 is 8.42 Å². The second kappa shape index (κ2) is 3.54. The molecule has 0 saturated carbocycles. The van der Waals surface area contributed by atoms with Crippen molar-refractivity contribution in [3.8, 4) is 0 Å². The zero-order chi connectivity index (χ0) is 12.0. The molecule has 90 valence electrons. The lowest BCUT2D eigenvalue weighted by atomic mass is 9.82. The molecule has 7 heteroatoms. The molecule has 0 radical (unpaired) electrons. The molecule has 0 bridgehead atoms. The fourth-order valence-electron chi connectivity index (χ4n) is 1.67. The Hall–Kier alpha value is -0.920. The molecule has 0 aliphatic carbocycles. The first-order chi connectivity index (χ1) is 7.36. The predicted molar refractivity (Wildman–Crippen MR) is 59.1 cm³/mol. The first-order valence-electron chi connectivity index (χ1n) is 5.15. The van der Waals surface area contributed by atoms with Crippen molar-refractivity contribution in [3.63, 3.8) is 0 Å². The smallest absolute Gasteiger partial charge is 0.260 e. The van der Waals surface area contributed by atoms with Crippen molar-refractivity contribution in [2.75, 3.05) is 13.1 Å². The van der Waals surface area contributed by atoms with Crippen LogP contribution in [0.1, 0.15) is 13.8 Å². The monoisotopic (exact) mass is 244 g/mol. The van der Waals surface area contributed by atoms with Gasteiger partial charge in [-0.3, -0.25) is 5.10 Å². The second-order valence-corrected chi connectivity index (χ2v) is 6.49. The summed E-state index contributed by atoms with van der Waals surface area (Å²) in [7, 11) is -3.43. The van der Waals surface area contributed by atoms with Crippen LogP contribution >= 0.6 is 0 Å². The molecule has 1 aromatic heterocycles. The molecule has 0 unspecified atom stereocenters. The van der Waals surface area contributed by atoms with Crippen molar-refractivity contribution in [2.24, 2.45) is 11.7 Å². The van der Waals surface area contributed by atoms with Gasteiger partial charge in [0.25, 0.3) is 10.0 Å². The number of hydrogen-bond donors (Lipinski definition) is 2. The molecule has 2 heterocycles. The van der Waals surface area contributed by atoms with Gasteiger partial charge in [-0.1, -0.05) is 13.8 Å². The zero-order valence-electron chi connectivity index (χ0n) is 9.34. The van der Waals surface area contributed by atoms with Crippen molar-refractivity contribution in [3.05, 3.63) is 12.3 Å². The summed E-state index contributed by atoms with van der Waals surface area (Å²) in [6, 6.07) is 1.45. The molecule has 0 atom stereocenters. The van der Waals surface area contributed by atoms with Gasteiger partial charge in [0.15, 0.2) is 5.03 Å². The van der Waals surface area contributed by atoms with Gasteiger partial charge in [-0.05, 0) is 12.0 Å². The first-order valence-corrected chi connectivity index (χ1v) is 6.59. The molecule has 16 heavy (non-hydrogen) atoms. The lowest BCUT2D eigenvalue weighted by Gasteiger charge is -2.48. The highest BCUT2D eigenvalue weighted by molar-refractivity contribution is 7.89. The number of hydrogen-bond acceptors (Lipinski definition) is 4. The Kier molecular flexibility index (Phi) is 2.56. The lowest BCUT2D eigenvalue weighted by Crippen LogP contribution is -2.70. The molecular formula is C9H16N4O2S. The van der Waals surface area contributed by atoms with E-state index in [1.165, 1.54) is 16.6 Å². The Morgan fingerprint density at radius 3 is 2.62 bits per heavy atom. The number of aromatic nitrogens is 2. The van der Waals surface area contributed by atoms with Crippen molar-refractivity contribution in [2.45, 2.75) is 24.4 Å². The maximum absolute atomic E-state index is 12.0. The van der Waals surface area contributed by atoms with Crippen LogP contribution in [0.2, 0.25) is 0 Å². The van der Waals surface area contributed by atoms with Crippen LogP contribution in [-0.2, 0) is 10.0 Å². The third-order valence-corrected chi connectivity index (χ3v) is 4.91. The number of nitrogens with two attached hydrogens (primary N) is 1. The molecule has 3 N–H and O–H groups in total. The van der Waals surface area contributed by atoms with Crippen LogP contribution in [0.5, 0.6) is 0 Å². The zero-order valence-corrected chi connectivity index (χ0v) is 10.2. The third kappa shape index (κ3) is 1.64. The average Bonchev–Trinajstić information content (AvgIpc) is 2.65. The van der Waals surface area contributed by atoms with Crippen LogP contribution in [-0.4, -0.2) is 41.5 Å². The van der Waals surface area contributed by atoms with Crippen molar-refractivity contribution in [1.29, 1.82) is 0 Å². The molecule has 0 aromatic carbocycles. The summed E-state index contributed by atoms with van der Waals surface area (Å²) in [6.45, 7) is 4.73. The standard InChI is InChI=1S/C9H16N4O2S/c1-7(2)9(10)5-13(6-9)16(14,15)8-3-4-11-12-8/h3-4,7H,5-6,10H2,1-2H3,(H,11,12). The predicted octanol–water partition coefficient (Wildman–Crippen LogP) is -0.232. The first kappa shape index (κ1) is 11.6. The molecule has 1 saturated heterocycles. The molecule has 2 rings (SSSR count). The van der Waals surface area contributed by atoms with Crippen LogP contribution in [0.3, 0.4) is 0 Å². The molecule has 1 fully saturated rings. The largest absolute Gasteiger partial charge is 0.323 e. The molecule has 1 aliphatic heterocycles. The minimum atomic E-state index is -3.43. The summed E-state index contributed by atoms with van der Waals surface area (Å²) in [5, 5.41) is 6.22. The maximum Gasteiger partial charge on any atom is 0.260 e. The quantitative estimate of drug-likeness (QED) is 0.768. The Balaban J connectivity index is 2.14. The van der Waals surface area contributed by atoms with E-state index in [9.17, 15) is 8.42 Å². The fraction of sp³-hybridized carbons (Fsp3) is 0.667. The van der Waals surface area contributed by atoms with Crippen LogP contribution in [0.4, 0.5) is 0 Å². The normalized spacial score (nSPS) is 21.0. The molecule has 6 nitrogen and oxygen atoms in total. The van der Waals surface area contributed by atoms with E-state index in [2.05, 4.69) is 10.2 Å². The summed E-state index contributed by atoms with van der Waals surface area (Å²) >= 11 is 0. The number of rotatable bonds is 3. The average molecular weight is 244 g/mol. The summed E-state index contributed by atoms with van der Waals surface area (Å²) < 4.78 is 25.3. The van der Waals surface area contributed by atoms with E-state index in [4.69, 9.17) is 5.73 Å². The highest BCUT2D eigenvalue weighted by atomic mass is 32.2. The summed E-state index contributed by atoms with van der Waals surface area (Å²) in [5.74, 6) is 0.265. The molecular weight excluding hydrogens is 228 g/mol. The van der Waals surface area contributed by atoms with E-state index < -0.39 is 15.6 Å². The van der Waals surface area contributed by atoms with Crippen LogP contribution in [0.25, 0.3) is 0 Å². The van der Waals surface area contributed by atoms with E-state index in [-0.39, 0.29) is 10.9 Å². The molecule has 1 aromatic rings. The maximum atomic E-state index is 12.0. The van der Waals surface area contributed by atoms with Crippen LogP contribution < -0.4 is 5.73 Å². The second-order valence-electron chi connectivity index (χ2n) is 4.58. The summed E-state index contributed by atoms with van der Waals surface area (Å²) in [5.41, 5.74) is 5.66. The minimum absolute atomic E-state index is 0.123. The SMILES string of the molecule is CC(C)C1(N)CN(S(=O)(=O)c2ccn[nH]2)C1. The molecule has 0 spiro atoms. The van der Waals surface area contributed by atoms with Crippen LogP contribution in [0, 0.1) is 5.92 Å². The van der Waals surface area contributed by atoms with Gasteiger partial charge < -0.3 is 5.73 Å². The van der Waals surface area contributed by atoms with E-state index in [0.717, 1.165) is 0 Å². The number of sulfonamides is 1. The minimum Gasteiger partial charge on any atom is -0.323 e. The molecule has 0 amide bonds. The molecule has 1 aliphatic rings. The Bertz CT molecular complexity index is 460. The van der Waals surface area contributed by atoms with Gasteiger partial charge in [-0.15, -0.1) is 0 Å². The van der Waals surface area contributed by atoms with Gasteiger partial charge in [-0.25, -0.2) is 8.42 Å². The summed E-state index contributed by atoms with van der Waals surface area (Å²) in [4.78, 5) is 0.